The summed E-state index contributed by atoms with van der Waals surface area (Å²) >= 11 is 6.18. The van der Waals surface area contributed by atoms with Crippen molar-refractivity contribution in [1.82, 2.24) is 9.55 Å². The van der Waals surface area contributed by atoms with Gasteiger partial charge in [0.2, 0.25) is 5.91 Å². The Bertz CT molecular complexity index is 994. The van der Waals surface area contributed by atoms with Crippen LogP contribution in [0.15, 0.2) is 42.5 Å². The molecule has 2 aromatic carbocycles. The van der Waals surface area contributed by atoms with Crippen molar-refractivity contribution in [2.45, 2.75) is 45.6 Å². The highest BCUT2D eigenvalue weighted by Gasteiger charge is 2.35. The first-order chi connectivity index (χ1) is 13.1. The molecule has 1 unspecified atom stereocenters. The molecular formula is C22H24ClN3O. The summed E-state index contributed by atoms with van der Waals surface area (Å²) < 4.78 is 2.31. The molecule has 1 saturated heterocycles. The second-order valence-electron chi connectivity index (χ2n) is 7.30. The summed E-state index contributed by atoms with van der Waals surface area (Å²) in [6, 6.07) is 14.0. The second-order valence-corrected chi connectivity index (χ2v) is 7.74. The third-order valence-corrected chi connectivity index (χ3v) is 5.61. The van der Waals surface area contributed by atoms with E-state index in [0.717, 1.165) is 47.5 Å². The Kier molecular flexibility index (Phi) is 4.92. The van der Waals surface area contributed by atoms with Gasteiger partial charge >= 0.3 is 0 Å². The monoisotopic (exact) mass is 381 g/mol. The van der Waals surface area contributed by atoms with E-state index in [4.69, 9.17) is 16.6 Å². The van der Waals surface area contributed by atoms with Crippen LogP contribution in [-0.2, 0) is 11.3 Å². The van der Waals surface area contributed by atoms with Crippen LogP contribution in [0.4, 0.5) is 5.69 Å². The minimum atomic E-state index is 0.0973. The quantitative estimate of drug-likeness (QED) is 0.600. The molecule has 27 heavy (non-hydrogen) atoms. The van der Waals surface area contributed by atoms with Crippen LogP contribution < -0.4 is 4.90 Å². The van der Waals surface area contributed by atoms with E-state index >= 15 is 0 Å². The number of aromatic nitrogens is 2. The Hall–Kier alpha value is -2.33. The maximum absolute atomic E-state index is 12.8. The van der Waals surface area contributed by atoms with E-state index in [1.165, 1.54) is 0 Å². The summed E-state index contributed by atoms with van der Waals surface area (Å²) in [7, 11) is 0. The van der Waals surface area contributed by atoms with Crippen LogP contribution in [0.1, 0.15) is 43.5 Å². The molecule has 0 aliphatic carbocycles. The molecule has 0 saturated carbocycles. The van der Waals surface area contributed by atoms with Gasteiger partial charge < -0.3 is 9.47 Å². The van der Waals surface area contributed by atoms with Gasteiger partial charge in [0.25, 0.3) is 0 Å². The van der Waals surface area contributed by atoms with Crippen LogP contribution in [0.2, 0.25) is 5.02 Å². The van der Waals surface area contributed by atoms with Crippen molar-refractivity contribution in [3.8, 4) is 0 Å². The van der Waals surface area contributed by atoms with Crippen molar-refractivity contribution in [3.63, 3.8) is 0 Å². The van der Waals surface area contributed by atoms with E-state index < -0.39 is 0 Å². The maximum atomic E-state index is 12.8. The Balaban J connectivity index is 1.70. The molecule has 4 nitrogen and oxygen atoms in total. The number of halogens is 1. The molecule has 2 heterocycles. The van der Waals surface area contributed by atoms with Crippen LogP contribution in [-0.4, -0.2) is 22.0 Å². The zero-order valence-corrected chi connectivity index (χ0v) is 16.5. The number of para-hydroxylation sites is 2. The van der Waals surface area contributed by atoms with Gasteiger partial charge in [0.1, 0.15) is 5.82 Å². The van der Waals surface area contributed by atoms with E-state index in [1.54, 1.807) is 0 Å². The van der Waals surface area contributed by atoms with Gasteiger partial charge in [-0.1, -0.05) is 43.1 Å². The number of aryl methyl sites for hydroxylation is 2. The molecule has 0 N–H and O–H groups in total. The van der Waals surface area contributed by atoms with E-state index in [0.29, 0.717) is 18.0 Å². The molecule has 1 aliphatic rings. The molecule has 1 amide bonds. The molecule has 140 valence electrons. The number of rotatable bonds is 5. The minimum Gasteiger partial charge on any atom is -0.328 e. The lowest BCUT2D eigenvalue weighted by Crippen LogP contribution is -2.25. The molecule has 1 fully saturated rings. The Morgan fingerprint density at radius 1 is 1.22 bits per heavy atom. The van der Waals surface area contributed by atoms with Crippen molar-refractivity contribution < 1.29 is 4.79 Å². The predicted molar refractivity (Wildman–Crippen MR) is 111 cm³/mol. The number of unbranched alkanes of at least 4 members (excludes halogenated alkanes) is 1. The number of carbonyl (C=O) groups is 1. The summed E-state index contributed by atoms with van der Waals surface area (Å²) in [6.07, 6.45) is 2.72. The zero-order chi connectivity index (χ0) is 19.0. The van der Waals surface area contributed by atoms with Crippen molar-refractivity contribution in [2.75, 3.05) is 11.4 Å². The van der Waals surface area contributed by atoms with Crippen LogP contribution in [0, 0.1) is 6.92 Å². The molecule has 4 rings (SSSR count). The smallest absolute Gasteiger partial charge is 0.227 e. The van der Waals surface area contributed by atoms with E-state index in [1.807, 2.05) is 36.1 Å². The van der Waals surface area contributed by atoms with Gasteiger partial charge in [-0.2, -0.15) is 0 Å². The number of hydrogen-bond donors (Lipinski definition) is 0. The molecule has 0 radical (unpaired) electrons. The summed E-state index contributed by atoms with van der Waals surface area (Å²) in [6.45, 7) is 5.80. The molecule has 1 aliphatic heterocycles. The van der Waals surface area contributed by atoms with Crippen molar-refractivity contribution in [1.29, 1.82) is 0 Å². The lowest BCUT2D eigenvalue weighted by Gasteiger charge is -2.20. The fourth-order valence-corrected chi connectivity index (χ4v) is 4.11. The molecule has 1 atom stereocenters. The van der Waals surface area contributed by atoms with Crippen molar-refractivity contribution >= 4 is 34.2 Å². The van der Waals surface area contributed by atoms with Crippen LogP contribution in [0.25, 0.3) is 11.0 Å². The predicted octanol–water partition coefficient (Wildman–Crippen LogP) is 5.32. The summed E-state index contributed by atoms with van der Waals surface area (Å²) in [5.41, 5.74) is 4.14. The normalized spacial score (nSPS) is 17.2. The number of carbonyl (C=O) groups excluding carboxylic acids is 1. The van der Waals surface area contributed by atoms with Crippen molar-refractivity contribution in [3.05, 3.63) is 58.9 Å². The first-order valence-corrected chi connectivity index (χ1v) is 9.98. The highest BCUT2D eigenvalue weighted by atomic mass is 35.5. The van der Waals surface area contributed by atoms with Gasteiger partial charge in [-0.05, 0) is 43.2 Å². The van der Waals surface area contributed by atoms with Gasteiger partial charge in [-0.15, -0.1) is 0 Å². The van der Waals surface area contributed by atoms with E-state index in [9.17, 15) is 4.79 Å². The topological polar surface area (TPSA) is 38.1 Å². The van der Waals surface area contributed by atoms with Crippen molar-refractivity contribution in [2.24, 2.45) is 0 Å². The van der Waals surface area contributed by atoms with Gasteiger partial charge in [0, 0.05) is 36.1 Å². The maximum Gasteiger partial charge on any atom is 0.227 e. The third-order valence-electron chi connectivity index (χ3n) is 5.37. The highest BCUT2D eigenvalue weighted by Crippen LogP contribution is 2.35. The lowest BCUT2D eigenvalue weighted by atomic mass is 10.1. The zero-order valence-electron chi connectivity index (χ0n) is 15.8. The van der Waals surface area contributed by atoms with E-state index in [-0.39, 0.29) is 11.8 Å². The van der Waals surface area contributed by atoms with E-state index in [2.05, 4.69) is 29.7 Å². The Labute approximate surface area is 164 Å². The molecule has 3 aromatic rings. The number of hydrogen-bond acceptors (Lipinski definition) is 2. The standard InChI is InChI=1S/C22H24ClN3O/c1-3-4-11-25-19-8-6-5-7-18(19)24-22(25)16-12-21(27)26(14-16)20-13-17(23)10-9-15(20)2/h5-10,13,16H,3-4,11-12,14H2,1-2H3. The SMILES string of the molecule is CCCCn1c(C2CC(=O)N(c3cc(Cl)ccc3C)C2)nc2ccccc21. The number of benzene rings is 2. The average molecular weight is 382 g/mol. The number of imidazole rings is 1. The van der Waals surface area contributed by atoms with Gasteiger partial charge in [-0.3, -0.25) is 4.79 Å². The second kappa shape index (κ2) is 7.35. The number of anilines is 1. The molecule has 1 aromatic heterocycles. The largest absolute Gasteiger partial charge is 0.328 e. The first kappa shape index (κ1) is 18.1. The number of amides is 1. The number of nitrogens with zero attached hydrogens (tertiary/aromatic N) is 3. The molecule has 0 bridgehead atoms. The number of fused-ring (bicyclic) bond motifs is 1. The fraction of sp³-hybridized carbons (Fsp3) is 0.364. The van der Waals surface area contributed by atoms with Gasteiger partial charge in [-0.25, -0.2) is 4.98 Å². The highest BCUT2D eigenvalue weighted by molar-refractivity contribution is 6.31. The van der Waals surface area contributed by atoms with Crippen LogP contribution in [0.3, 0.4) is 0 Å². The lowest BCUT2D eigenvalue weighted by molar-refractivity contribution is -0.117. The minimum absolute atomic E-state index is 0.0973. The molecule has 0 spiro atoms. The Morgan fingerprint density at radius 3 is 2.85 bits per heavy atom. The molecule has 5 heteroatoms. The van der Waals surface area contributed by atoms with Gasteiger partial charge in [0.05, 0.1) is 11.0 Å². The van der Waals surface area contributed by atoms with Crippen LogP contribution >= 0.6 is 11.6 Å². The average Bonchev–Trinajstić information content (AvgIpc) is 3.22. The first-order valence-electron chi connectivity index (χ1n) is 9.60. The molecular weight excluding hydrogens is 358 g/mol. The third kappa shape index (κ3) is 3.34. The Morgan fingerprint density at radius 2 is 2.04 bits per heavy atom. The van der Waals surface area contributed by atoms with Crippen LogP contribution in [0.5, 0.6) is 0 Å². The fourth-order valence-electron chi connectivity index (χ4n) is 3.94. The summed E-state index contributed by atoms with van der Waals surface area (Å²) in [4.78, 5) is 19.6. The summed E-state index contributed by atoms with van der Waals surface area (Å²) in [5, 5.41) is 0.655. The van der Waals surface area contributed by atoms with Gasteiger partial charge in [0.15, 0.2) is 0 Å². The summed E-state index contributed by atoms with van der Waals surface area (Å²) in [5.74, 6) is 1.26.